The van der Waals surface area contributed by atoms with Crippen LogP contribution < -0.4 is 5.32 Å². The largest absolute Gasteiger partial charge is 0.480 e. The van der Waals surface area contributed by atoms with Gasteiger partial charge in [-0.25, -0.2) is 0 Å². The lowest BCUT2D eigenvalue weighted by atomic mass is 10.1. The van der Waals surface area contributed by atoms with Gasteiger partial charge in [-0.2, -0.15) is 0 Å². The molecule has 1 heterocycles. The fourth-order valence-electron chi connectivity index (χ4n) is 2.49. The maximum absolute atomic E-state index is 12.3. The molecule has 1 saturated heterocycles. The van der Waals surface area contributed by atoms with E-state index in [9.17, 15) is 9.59 Å². The minimum atomic E-state index is -0.839. The molecule has 0 radical (unpaired) electrons. The highest BCUT2D eigenvalue weighted by Crippen LogP contribution is 2.21. The zero-order valence-corrected chi connectivity index (χ0v) is 12.3. The second-order valence-corrected chi connectivity index (χ2v) is 5.75. The van der Waals surface area contributed by atoms with Gasteiger partial charge in [0.25, 0.3) is 5.91 Å². The molecule has 2 rings (SSSR count). The van der Waals surface area contributed by atoms with Crippen LogP contribution in [0.3, 0.4) is 0 Å². The van der Waals surface area contributed by atoms with Gasteiger partial charge in [0, 0.05) is 17.5 Å². The van der Waals surface area contributed by atoms with Crippen molar-refractivity contribution in [3.05, 3.63) is 29.8 Å². The minimum absolute atomic E-state index is 0.122. The predicted octanol–water partition coefficient (Wildman–Crippen LogP) is 1.30. The molecular weight excluding hydrogens is 276 g/mol. The molecular formula is C14H18N2O3S. The second-order valence-electron chi connectivity index (χ2n) is 4.90. The zero-order valence-electron chi connectivity index (χ0n) is 11.5. The van der Waals surface area contributed by atoms with Crippen molar-refractivity contribution in [3.8, 4) is 0 Å². The summed E-state index contributed by atoms with van der Waals surface area (Å²) in [5.41, 5.74) is 0.640. The van der Waals surface area contributed by atoms with Crippen molar-refractivity contribution >= 4 is 23.6 Å². The number of benzene rings is 1. The number of rotatable bonds is 4. The number of carboxylic acid groups (broad SMARTS) is 1. The van der Waals surface area contributed by atoms with Gasteiger partial charge in [0.15, 0.2) is 0 Å². The van der Waals surface area contributed by atoms with Gasteiger partial charge in [0.2, 0.25) is 0 Å². The average molecular weight is 294 g/mol. The molecule has 1 aliphatic rings. The van der Waals surface area contributed by atoms with Crippen molar-refractivity contribution in [1.29, 1.82) is 0 Å². The fourth-order valence-corrected chi connectivity index (χ4v) is 3.08. The number of aliphatic carboxylic acids is 1. The van der Waals surface area contributed by atoms with E-state index in [1.807, 2.05) is 24.5 Å². The van der Waals surface area contributed by atoms with Crippen molar-refractivity contribution in [2.75, 3.05) is 19.8 Å². The van der Waals surface area contributed by atoms with Gasteiger partial charge in [-0.05, 0) is 31.9 Å². The maximum atomic E-state index is 12.3. The summed E-state index contributed by atoms with van der Waals surface area (Å²) in [6, 6.07) is 6.77. The van der Waals surface area contributed by atoms with E-state index in [1.54, 1.807) is 18.0 Å². The Kier molecular flexibility index (Phi) is 4.67. The van der Waals surface area contributed by atoms with Crippen LogP contribution in [-0.2, 0) is 4.79 Å². The molecule has 0 unspecified atom stereocenters. The highest BCUT2D eigenvalue weighted by atomic mass is 32.2. The van der Waals surface area contributed by atoms with Crippen LogP contribution in [0.5, 0.6) is 0 Å². The van der Waals surface area contributed by atoms with Crippen LogP contribution in [-0.4, -0.2) is 53.8 Å². The van der Waals surface area contributed by atoms with Crippen LogP contribution in [0.25, 0.3) is 0 Å². The first-order valence-electron chi connectivity index (χ1n) is 6.40. The molecule has 1 amide bonds. The van der Waals surface area contributed by atoms with Crippen LogP contribution >= 0.6 is 11.8 Å². The van der Waals surface area contributed by atoms with Crippen LogP contribution in [0, 0.1) is 0 Å². The van der Waals surface area contributed by atoms with Crippen molar-refractivity contribution in [2.45, 2.75) is 23.4 Å². The van der Waals surface area contributed by atoms with Crippen molar-refractivity contribution in [1.82, 2.24) is 10.2 Å². The first-order chi connectivity index (χ1) is 9.52. The topological polar surface area (TPSA) is 69.6 Å². The SMILES string of the molecule is CSc1ccccc1C(=O)N[C@@H]1C[C@@H](C(=O)O)N(C)C1. The predicted molar refractivity (Wildman–Crippen MR) is 78.1 cm³/mol. The van der Waals surface area contributed by atoms with E-state index in [4.69, 9.17) is 5.11 Å². The lowest BCUT2D eigenvalue weighted by Gasteiger charge is -2.14. The molecule has 0 aliphatic carbocycles. The lowest BCUT2D eigenvalue weighted by molar-refractivity contribution is -0.141. The summed E-state index contributed by atoms with van der Waals surface area (Å²) in [6.45, 7) is 0.560. The Balaban J connectivity index is 2.04. The summed E-state index contributed by atoms with van der Waals surface area (Å²) in [5.74, 6) is -0.979. The Hall–Kier alpha value is -1.53. The second kappa shape index (κ2) is 6.28. The third kappa shape index (κ3) is 3.13. The molecule has 1 aliphatic heterocycles. The first kappa shape index (κ1) is 14.9. The molecule has 0 saturated carbocycles. The average Bonchev–Trinajstić information content (AvgIpc) is 2.79. The number of likely N-dealkylation sites (N-methyl/N-ethyl adjacent to an activating group) is 1. The van der Waals surface area contributed by atoms with Crippen LogP contribution in [0.2, 0.25) is 0 Å². The molecule has 2 atom stereocenters. The van der Waals surface area contributed by atoms with E-state index >= 15 is 0 Å². The van der Waals surface area contributed by atoms with Crippen LogP contribution in [0.1, 0.15) is 16.8 Å². The quantitative estimate of drug-likeness (QED) is 0.819. The monoisotopic (exact) mass is 294 g/mol. The summed E-state index contributed by atoms with van der Waals surface area (Å²) in [5, 5.41) is 12.0. The number of carbonyl (C=O) groups is 2. The number of carboxylic acids is 1. The van der Waals surface area contributed by atoms with Crippen LogP contribution in [0.4, 0.5) is 0 Å². The number of nitrogens with zero attached hydrogens (tertiary/aromatic N) is 1. The highest BCUT2D eigenvalue weighted by molar-refractivity contribution is 7.98. The number of nitrogens with one attached hydrogen (secondary N) is 1. The highest BCUT2D eigenvalue weighted by Gasteiger charge is 2.35. The third-order valence-electron chi connectivity index (χ3n) is 3.52. The van der Waals surface area contributed by atoms with Gasteiger partial charge in [-0.15, -0.1) is 11.8 Å². The number of carbonyl (C=O) groups excluding carboxylic acids is 1. The van der Waals surface area contributed by atoms with Gasteiger partial charge in [-0.1, -0.05) is 12.1 Å². The van der Waals surface area contributed by atoms with Gasteiger partial charge >= 0.3 is 5.97 Å². The molecule has 20 heavy (non-hydrogen) atoms. The molecule has 1 aromatic carbocycles. The van der Waals surface area contributed by atoms with Crippen molar-refractivity contribution in [3.63, 3.8) is 0 Å². The summed E-state index contributed by atoms with van der Waals surface area (Å²) >= 11 is 1.52. The van der Waals surface area contributed by atoms with Gasteiger partial charge in [0.1, 0.15) is 6.04 Å². The van der Waals surface area contributed by atoms with E-state index in [0.717, 1.165) is 4.90 Å². The van der Waals surface area contributed by atoms with E-state index in [1.165, 1.54) is 11.8 Å². The number of hydrogen-bond donors (Lipinski definition) is 2. The Morgan fingerprint density at radius 2 is 2.10 bits per heavy atom. The van der Waals surface area contributed by atoms with Gasteiger partial charge in [0.05, 0.1) is 5.56 Å². The molecule has 1 fully saturated rings. The Labute approximate surface area is 122 Å². The standard InChI is InChI=1S/C14H18N2O3S/c1-16-8-9(7-11(16)14(18)19)15-13(17)10-5-3-4-6-12(10)20-2/h3-6,9,11H,7-8H2,1-2H3,(H,15,17)(H,18,19)/t9-,11+/m1/s1. The summed E-state index contributed by atoms with van der Waals surface area (Å²) < 4.78 is 0. The summed E-state index contributed by atoms with van der Waals surface area (Å²) in [6.07, 6.45) is 2.37. The van der Waals surface area contributed by atoms with Crippen LogP contribution in [0.15, 0.2) is 29.2 Å². The fraction of sp³-hybridized carbons (Fsp3) is 0.429. The first-order valence-corrected chi connectivity index (χ1v) is 7.62. The van der Waals surface area contributed by atoms with Gasteiger partial charge in [-0.3, -0.25) is 14.5 Å². The van der Waals surface area contributed by atoms with E-state index in [-0.39, 0.29) is 11.9 Å². The molecule has 1 aromatic rings. The van der Waals surface area contributed by atoms with Gasteiger partial charge < -0.3 is 10.4 Å². The lowest BCUT2D eigenvalue weighted by Crippen LogP contribution is -2.36. The summed E-state index contributed by atoms with van der Waals surface area (Å²) in [7, 11) is 1.76. The van der Waals surface area contributed by atoms with Crippen molar-refractivity contribution < 1.29 is 14.7 Å². The number of likely N-dealkylation sites (tertiary alicyclic amines) is 1. The van der Waals surface area contributed by atoms with E-state index in [0.29, 0.717) is 18.5 Å². The number of amides is 1. The Morgan fingerprint density at radius 1 is 1.40 bits per heavy atom. The molecule has 0 spiro atoms. The maximum Gasteiger partial charge on any atom is 0.320 e. The summed E-state index contributed by atoms with van der Waals surface area (Å²) in [4.78, 5) is 26.0. The molecule has 2 N–H and O–H groups in total. The van der Waals surface area contributed by atoms with Crippen molar-refractivity contribution in [2.24, 2.45) is 0 Å². The minimum Gasteiger partial charge on any atom is -0.480 e. The molecule has 5 nitrogen and oxygen atoms in total. The molecule has 0 aromatic heterocycles. The molecule has 6 heteroatoms. The Bertz CT molecular complexity index is 521. The normalized spacial score (nSPS) is 22.7. The molecule has 0 bridgehead atoms. The van der Waals surface area contributed by atoms with E-state index in [2.05, 4.69) is 5.32 Å². The Morgan fingerprint density at radius 3 is 2.70 bits per heavy atom. The smallest absolute Gasteiger partial charge is 0.320 e. The molecule has 108 valence electrons. The van der Waals surface area contributed by atoms with E-state index < -0.39 is 12.0 Å². The third-order valence-corrected chi connectivity index (χ3v) is 4.32. The number of hydrogen-bond acceptors (Lipinski definition) is 4. The number of thioether (sulfide) groups is 1. The zero-order chi connectivity index (χ0) is 14.7.